The van der Waals surface area contributed by atoms with Gasteiger partial charge in [0.1, 0.15) is 11.6 Å². The van der Waals surface area contributed by atoms with Crippen molar-refractivity contribution in [3.8, 4) is 5.75 Å². The molecule has 21 heavy (non-hydrogen) atoms. The highest BCUT2D eigenvalue weighted by atomic mass is 19.1. The van der Waals surface area contributed by atoms with Gasteiger partial charge in [0, 0.05) is 18.2 Å². The van der Waals surface area contributed by atoms with Crippen LogP contribution in [0.1, 0.15) is 45.8 Å². The minimum absolute atomic E-state index is 0.191. The third kappa shape index (κ3) is 5.71. The molecule has 0 saturated heterocycles. The lowest BCUT2D eigenvalue weighted by atomic mass is 10.1. The maximum Gasteiger partial charge on any atom is 0.260 e. The van der Waals surface area contributed by atoms with Crippen LogP contribution in [0.15, 0.2) is 18.2 Å². The van der Waals surface area contributed by atoms with E-state index in [9.17, 15) is 14.3 Å². The van der Waals surface area contributed by atoms with Crippen molar-refractivity contribution >= 4 is 5.91 Å². The van der Waals surface area contributed by atoms with Crippen LogP contribution in [0.25, 0.3) is 0 Å². The van der Waals surface area contributed by atoms with Gasteiger partial charge in [0.2, 0.25) is 0 Å². The summed E-state index contributed by atoms with van der Waals surface area (Å²) < 4.78 is 18.8. The van der Waals surface area contributed by atoms with Crippen LogP contribution in [0.4, 0.5) is 4.39 Å². The van der Waals surface area contributed by atoms with Gasteiger partial charge in [-0.2, -0.15) is 0 Å². The third-order valence-corrected chi connectivity index (χ3v) is 3.12. The molecule has 0 fully saturated rings. The quantitative estimate of drug-likeness (QED) is 0.813. The third-order valence-electron chi connectivity index (χ3n) is 3.12. The van der Waals surface area contributed by atoms with E-state index in [1.54, 1.807) is 13.8 Å². The number of ether oxygens (including phenoxy) is 1. The fourth-order valence-corrected chi connectivity index (χ4v) is 1.83. The first-order valence-corrected chi connectivity index (χ1v) is 7.23. The molecule has 0 aliphatic heterocycles. The summed E-state index contributed by atoms with van der Waals surface area (Å²) in [7, 11) is 0. The van der Waals surface area contributed by atoms with Crippen molar-refractivity contribution in [1.82, 2.24) is 5.32 Å². The van der Waals surface area contributed by atoms with Gasteiger partial charge in [-0.05, 0) is 38.3 Å². The maximum absolute atomic E-state index is 13.3. The lowest BCUT2D eigenvalue weighted by Crippen LogP contribution is -2.37. The number of amides is 1. The van der Waals surface area contributed by atoms with Crippen LogP contribution in [-0.2, 0) is 4.79 Å². The van der Waals surface area contributed by atoms with E-state index in [1.165, 1.54) is 18.2 Å². The summed E-state index contributed by atoms with van der Waals surface area (Å²) in [5.41, 5.74) is 0.457. The second kappa shape index (κ2) is 7.98. The highest BCUT2D eigenvalue weighted by molar-refractivity contribution is 5.80. The molecule has 0 aliphatic rings. The molecule has 0 radical (unpaired) electrons. The highest BCUT2D eigenvalue weighted by Gasteiger charge is 2.18. The molecule has 0 bridgehead atoms. The highest BCUT2D eigenvalue weighted by Crippen LogP contribution is 2.26. The normalized spacial score (nSPS) is 13.9. The Morgan fingerprint density at radius 2 is 2.00 bits per heavy atom. The molecule has 2 N–H and O–H groups in total. The summed E-state index contributed by atoms with van der Waals surface area (Å²) in [6.45, 7) is 7.90. The van der Waals surface area contributed by atoms with E-state index in [-0.39, 0.29) is 11.7 Å². The van der Waals surface area contributed by atoms with Crippen molar-refractivity contribution in [2.45, 2.75) is 46.3 Å². The predicted octanol–water partition coefficient (Wildman–Crippen LogP) is 2.81. The molecule has 5 heteroatoms. The van der Waals surface area contributed by atoms with E-state index < -0.39 is 18.0 Å². The number of hydrogen-bond donors (Lipinski definition) is 2. The first-order valence-electron chi connectivity index (χ1n) is 7.23. The fourth-order valence-electron chi connectivity index (χ4n) is 1.83. The van der Waals surface area contributed by atoms with Crippen molar-refractivity contribution in [2.24, 2.45) is 5.92 Å². The van der Waals surface area contributed by atoms with Gasteiger partial charge in [0.05, 0.1) is 6.10 Å². The van der Waals surface area contributed by atoms with Gasteiger partial charge in [0.15, 0.2) is 6.10 Å². The summed E-state index contributed by atoms with van der Waals surface area (Å²) in [6.07, 6.45) is -0.662. The lowest BCUT2D eigenvalue weighted by Gasteiger charge is -2.18. The molecular formula is C16H24FNO3. The molecule has 1 aromatic rings. The van der Waals surface area contributed by atoms with Crippen molar-refractivity contribution in [1.29, 1.82) is 0 Å². The van der Waals surface area contributed by atoms with Crippen LogP contribution in [0.2, 0.25) is 0 Å². The van der Waals surface area contributed by atoms with Gasteiger partial charge in [-0.1, -0.05) is 13.8 Å². The molecule has 1 rings (SSSR count). The van der Waals surface area contributed by atoms with Gasteiger partial charge >= 0.3 is 0 Å². The molecule has 1 aromatic carbocycles. The Morgan fingerprint density at radius 1 is 1.33 bits per heavy atom. The van der Waals surface area contributed by atoms with Crippen LogP contribution in [0.5, 0.6) is 5.75 Å². The first-order chi connectivity index (χ1) is 9.81. The molecule has 1 unspecified atom stereocenters. The van der Waals surface area contributed by atoms with E-state index in [0.717, 1.165) is 6.42 Å². The van der Waals surface area contributed by atoms with Crippen molar-refractivity contribution in [3.05, 3.63) is 29.6 Å². The van der Waals surface area contributed by atoms with Gasteiger partial charge in [-0.3, -0.25) is 4.79 Å². The zero-order valence-corrected chi connectivity index (χ0v) is 13.0. The van der Waals surface area contributed by atoms with Crippen molar-refractivity contribution in [2.75, 3.05) is 6.54 Å². The average molecular weight is 297 g/mol. The molecule has 0 spiro atoms. The van der Waals surface area contributed by atoms with Crippen LogP contribution in [-0.4, -0.2) is 23.7 Å². The summed E-state index contributed by atoms with van der Waals surface area (Å²) in [4.78, 5) is 11.9. The minimum Gasteiger partial charge on any atom is -0.480 e. The van der Waals surface area contributed by atoms with E-state index in [0.29, 0.717) is 18.0 Å². The van der Waals surface area contributed by atoms with Crippen molar-refractivity contribution in [3.63, 3.8) is 0 Å². The van der Waals surface area contributed by atoms with E-state index in [2.05, 4.69) is 19.2 Å². The number of aliphatic hydroxyl groups is 1. The Hall–Kier alpha value is -1.62. The lowest BCUT2D eigenvalue weighted by molar-refractivity contribution is -0.127. The smallest absolute Gasteiger partial charge is 0.260 e. The van der Waals surface area contributed by atoms with Crippen LogP contribution >= 0.6 is 0 Å². The molecule has 1 amide bonds. The SMILES string of the molecule is CC(C)CCNC(=O)C(C)Oc1cc(F)ccc1[C@H](C)O. The molecule has 0 saturated carbocycles. The second-order valence-electron chi connectivity index (χ2n) is 5.59. The standard InChI is InChI=1S/C16H24FNO3/c1-10(2)7-8-18-16(20)12(4)21-15-9-13(17)5-6-14(15)11(3)19/h5-6,9-12,19H,7-8H2,1-4H3,(H,18,20)/t11-,12?/m0/s1. The number of carbonyl (C=O) groups is 1. The van der Waals surface area contributed by atoms with Crippen molar-refractivity contribution < 1.29 is 19.0 Å². The minimum atomic E-state index is -0.795. The number of carbonyl (C=O) groups excluding carboxylic acids is 1. The predicted molar refractivity (Wildman–Crippen MR) is 79.6 cm³/mol. The monoisotopic (exact) mass is 297 g/mol. The summed E-state index contributed by atoms with van der Waals surface area (Å²) in [5, 5.41) is 12.4. The van der Waals surface area contributed by atoms with Gasteiger partial charge in [-0.25, -0.2) is 4.39 Å². The topological polar surface area (TPSA) is 58.6 Å². The van der Waals surface area contributed by atoms with Crippen LogP contribution in [0.3, 0.4) is 0 Å². The number of rotatable bonds is 7. The summed E-state index contributed by atoms with van der Waals surface area (Å²) in [6, 6.07) is 3.89. The second-order valence-corrected chi connectivity index (χ2v) is 5.59. The fraction of sp³-hybridized carbons (Fsp3) is 0.562. The van der Waals surface area contributed by atoms with E-state index in [1.807, 2.05) is 0 Å². The molecule has 118 valence electrons. The summed E-state index contributed by atoms with van der Waals surface area (Å²) >= 11 is 0. The van der Waals surface area contributed by atoms with Crippen LogP contribution < -0.4 is 10.1 Å². The number of halogens is 1. The zero-order valence-electron chi connectivity index (χ0n) is 13.0. The Labute approximate surface area is 125 Å². The Bertz CT molecular complexity index is 475. The first kappa shape index (κ1) is 17.4. The van der Waals surface area contributed by atoms with E-state index >= 15 is 0 Å². The molecule has 0 heterocycles. The zero-order chi connectivity index (χ0) is 16.0. The Balaban J connectivity index is 2.67. The number of benzene rings is 1. The molecule has 0 aromatic heterocycles. The molecule has 0 aliphatic carbocycles. The maximum atomic E-state index is 13.3. The van der Waals surface area contributed by atoms with Gasteiger partial charge in [-0.15, -0.1) is 0 Å². The Morgan fingerprint density at radius 3 is 2.57 bits per heavy atom. The molecule has 2 atom stereocenters. The number of nitrogens with one attached hydrogen (secondary N) is 1. The largest absolute Gasteiger partial charge is 0.480 e. The van der Waals surface area contributed by atoms with Gasteiger partial charge in [0.25, 0.3) is 5.91 Å². The number of aliphatic hydroxyl groups excluding tert-OH is 1. The Kier molecular flexibility index (Phi) is 6.62. The summed E-state index contributed by atoms with van der Waals surface area (Å²) in [5.74, 6) is -0.0265. The van der Waals surface area contributed by atoms with E-state index in [4.69, 9.17) is 4.74 Å². The average Bonchev–Trinajstić information content (AvgIpc) is 2.37. The molecule has 4 nitrogen and oxygen atoms in total. The van der Waals surface area contributed by atoms with Crippen LogP contribution in [0, 0.1) is 11.7 Å². The molecular weight excluding hydrogens is 273 g/mol. The number of hydrogen-bond acceptors (Lipinski definition) is 3. The van der Waals surface area contributed by atoms with Gasteiger partial charge < -0.3 is 15.2 Å².